The Balaban J connectivity index is 2.74. The number of nitrogens with one attached hydrogen (secondary N) is 1. The molecule has 0 amide bonds. The molecule has 1 aromatic heterocycles. The molecular formula is C11H17NO2. The lowest BCUT2D eigenvalue weighted by atomic mass is 9.91. The van der Waals surface area contributed by atoms with E-state index in [-0.39, 0.29) is 11.4 Å². The summed E-state index contributed by atoms with van der Waals surface area (Å²) in [6, 6.07) is 3.68. The lowest BCUT2D eigenvalue weighted by Gasteiger charge is -2.16. The molecule has 1 aromatic rings. The molecule has 0 aromatic carbocycles. The number of rotatable bonds is 2. The lowest BCUT2D eigenvalue weighted by molar-refractivity contribution is 0.0594. The summed E-state index contributed by atoms with van der Waals surface area (Å²) < 4.78 is 4.61. The smallest absolute Gasteiger partial charge is 0.354 e. The summed E-state index contributed by atoms with van der Waals surface area (Å²) in [5.74, 6) is -0.315. The second-order valence-electron chi connectivity index (χ2n) is 4.63. The number of hydrogen-bond acceptors (Lipinski definition) is 2. The highest BCUT2D eigenvalue weighted by Crippen LogP contribution is 2.20. The van der Waals surface area contributed by atoms with Gasteiger partial charge in [-0.25, -0.2) is 4.79 Å². The van der Waals surface area contributed by atoms with E-state index in [9.17, 15) is 4.79 Å². The molecule has 3 heteroatoms. The van der Waals surface area contributed by atoms with Crippen molar-refractivity contribution < 1.29 is 9.53 Å². The first kappa shape index (κ1) is 10.8. The quantitative estimate of drug-likeness (QED) is 0.736. The van der Waals surface area contributed by atoms with Gasteiger partial charge in [0.05, 0.1) is 7.11 Å². The van der Waals surface area contributed by atoms with Crippen LogP contribution in [-0.4, -0.2) is 18.1 Å². The van der Waals surface area contributed by atoms with Gasteiger partial charge in [-0.2, -0.15) is 0 Å². The van der Waals surface area contributed by atoms with E-state index in [0.717, 1.165) is 12.1 Å². The average molecular weight is 195 g/mol. The summed E-state index contributed by atoms with van der Waals surface area (Å²) >= 11 is 0. The molecule has 0 atom stereocenters. The fraction of sp³-hybridized carbons (Fsp3) is 0.545. The van der Waals surface area contributed by atoms with Gasteiger partial charge in [0.15, 0.2) is 0 Å². The van der Waals surface area contributed by atoms with Crippen LogP contribution in [0.25, 0.3) is 0 Å². The van der Waals surface area contributed by atoms with Gasteiger partial charge in [0.2, 0.25) is 0 Å². The largest absolute Gasteiger partial charge is 0.464 e. The monoisotopic (exact) mass is 195 g/mol. The number of aromatic amines is 1. The molecule has 0 unspecified atom stereocenters. The van der Waals surface area contributed by atoms with E-state index in [1.807, 2.05) is 6.07 Å². The van der Waals surface area contributed by atoms with Gasteiger partial charge in [-0.3, -0.25) is 0 Å². The summed E-state index contributed by atoms with van der Waals surface area (Å²) in [5.41, 5.74) is 1.81. The van der Waals surface area contributed by atoms with E-state index < -0.39 is 0 Å². The minimum atomic E-state index is -0.315. The molecule has 0 aliphatic heterocycles. The summed E-state index contributed by atoms with van der Waals surface area (Å²) in [6.45, 7) is 6.48. The van der Waals surface area contributed by atoms with Gasteiger partial charge >= 0.3 is 5.97 Å². The van der Waals surface area contributed by atoms with E-state index in [4.69, 9.17) is 0 Å². The molecule has 14 heavy (non-hydrogen) atoms. The number of hydrogen-bond donors (Lipinski definition) is 1. The standard InChI is InChI=1S/C11H17NO2/c1-11(2,3)7-8-5-6-9(12-8)10(13)14-4/h5-6,12H,7H2,1-4H3. The highest BCUT2D eigenvalue weighted by Gasteiger charge is 2.14. The first-order chi connectivity index (χ1) is 6.42. The minimum Gasteiger partial charge on any atom is -0.464 e. The van der Waals surface area contributed by atoms with Crippen molar-refractivity contribution in [2.45, 2.75) is 27.2 Å². The van der Waals surface area contributed by atoms with Gasteiger partial charge < -0.3 is 9.72 Å². The van der Waals surface area contributed by atoms with E-state index in [1.54, 1.807) is 6.07 Å². The zero-order valence-corrected chi connectivity index (χ0v) is 9.18. The second kappa shape index (κ2) is 3.86. The third kappa shape index (κ3) is 2.91. The average Bonchev–Trinajstić information content (AvgIpc) is 2.48. The van der Waals surface area contributed by atoms with Crippen LogP contribution in [0.1, 0.15) is 37.0 Å². The Morgan fingerprint density at radius 3 is 2.57 bits per heavy atom. The van der Waals surface area contributed by atoms with Crippen molar-refractivity contribution in [3.05, 3.63) is 23.5 Å². The zero-order valence-electron chi connectivity index (χ0n) is 9.18. The molecule has 1 N–H and O–H groups in total. The van der Waals surface area contributed by atoms with Crippen molar-refractivity contribution in [2.24, 2.45) is 5.41 Å². The molecule has 0 aliphatic carbocycles. The minimum absolute atomic E-state index is 0.220. The lowest BCUT2D eigenvalue weighted by Crippen LogP contribution is -2.10. The fourth-order valence-corrected chi connectivity index (χ4v) is 1.34. The predicted octanol–water partition coefficient (Wildman–Crippen LogP) is 2.39. The first-order valence-electron chi connectivity index (χ1n) is 4.68. The van der Waals surface area contributed by atoms with Crippen LogP contribution in [0.3, 0.4) is 0 Å². The Kier molecular flexibility index (Phi) is 2.99. The normalized spacial score (nSPS) is 11.4. The topological polar surface area (TPSA) is 42.1 Å². The van der Waals surface area contributed by atoms with Gasteiger partial charge in [-0.05, 0) is 24.0 Å². The molecule has 0 saturated carbocycles. The van der Waals surface area contributed by atoms with Gasteiger partial charge in [0.25, 0.3) is 0 Å². The van der Waals surface area contributed by atoms with Crippen molar-refractivity contribution in [2.75, 3.05) is 7.11 Å². The Labute approximate surface area is 84.5 Å². The Morgan fingerprint density at radius 1 is 1.43 bits per heavy atom. The van der Waals surface area contributed by atoms with Crippen molar-refractivity contribution in [3.8, 4) is 0 Å². The second-order valence-corrected chi connectivity index (χ2v) is 4.63. The molecule has 1 rings (SSSR count). The number of ether oxygens (including phenoxy) is 1. The molecule has 78 valence electrons. The fourth-order valence-electron chi connectivity index (χ4n) is 1.34. The molecule has 0 fully saturated rings. The van der Waals surface area contributed by atoms with Crippen molar-refractivity contribution in [1.29, 1.82) is 0 Å². The van der Waals surface area contributed by atoms with Crippen molar-refractivity contribution >= 4 is 5.97 Å². The van der Waals surface area contributed by atoms with Gasteiger partial charge in [-0.15, -0.1) is 0 Å². The highest BCUT2D eigenvalue weighted by molar-refractivity contribution is 5.87. The van der Waals surface area contributed by atoms with E-state index in [0.29, 0.717) is 5.69 Å². The zero-order chi connectivity index (χ0) is 10.8. The van der Waals surface area contributed by atoms with Crippen molar-refractivity contribution in [1.82, 2.24) is 4.98 Å². The number of esters is 1. The van der Waals surface area contributed by atoms with Crippen LogP contribution in [-0.2, 0) is 11.2 Å². The third-order valence-corrected chi connectivity index (χ3v) is 1.87. The highest BCUT2D eigenvalue weighted by atomic mass is 16.5. The van der Waals surface area contributed by atoms with Crippen molar-refractivity contribution in [3.63, 3.8) is 0 Å². The Morgan fingerprint density at radius 2 is 2.07 bits per heavy atom. The predicted molar refractivity (Wildman–Crippen MR) is 55.3 cm³/mol. The number of carbonyl (C=O) groups excluding carboxylic acids is 1. The summed E-state index contributed by atoms with van der Waals surface area (Å²) in [7, 11) is 1.38. The number of aromatic nitrogens is 1. The van der Waals surface area contributed by atoms with Gasteiger partial charge in [0, 0.05) is 5.69 Å². The van der Waals surface area contributed by atoms with Crippen LogP contribution in [0.2, 0.25) is 0 Å². The van der Waals surface area contributed by atoms with Crippen LogP contribution >= 0.6 is 0 Å². The number of H-pyrrole nitrogens is 1. The van der Waals surface area contributed by atoms with E-state index in [1.165, 1.54) is 7.11 Å². The molecule has 0 spiro atoms. The van der Waals surface area contributed by atoms with Crippen LogP contribution in [0, 0.1) is 5.41 Å². The van der Waals surface area contributed by atoms with Gasteiger partial charge in [0.1, 0.15) is 5.69 Å². The molecule has 0 bridgehead atoms. The molecule has 3 nitrogen and oxygen atoms in total. The Bertz CT molecular complexity index is 320. The molecule has 0 saturated heterocycles. The maximum absolute atomic E-state index is 11.1. The maximum atomic E-state index is 11.1. The van der Waals surface area contributed by atoms with Crippen LogP contribution < -0.4 is 0 Å². The summed E-state index contributed by atoms with van der Waals surface area (Å²) in [5, 5.41) is 0. The molecule has 1 heterocycles. The van der Waals surface area contributed by atoms with E-state index >= 15 is 0 Å². The van der Waals surface area contributed by atoms with Gasteiger partial charge in [-0.1, -0.05) is 20.8 Å². The summed E-state index contributed by atoms with van der Waals surface area (Å²) in [6.07, 6.45) is 0.921. The molecular weight excluding hydrogens is 178 g/mol. The number of methoxy groups -OCH3 is 1. The first-order valence-corrected chi connectivity index (χ1v) is 4.68. The SMILES string of the molecule is COC(=O)c1ccc(CC(C)(C)C)[nH]1. The van der Waals surface area contributed by atoms with Crippen LogP contribution in [0.4, 0.5) is 0 Å². The Hall–Kier alpha value is -1.25. The number of carbonyl (C=O) groups is 1. The van der Waals surface area contributed by atoms with E-state index in [2.05, 4.69) is 30.5 Å². The van der Waals surface area contributed by atoms with Crippen LogP contribution in [0.15, 0.2) is 12.1 Å². The maximum Gasteiger partial charge on any atom is 0.354 e. The third-order valence-electron chi connectivity index (χ3n) is 1.87. The summed E-state index contributed by atoms with van der Waals surface area (Å²) in [4.78, 5) is 14.2. The van der Waals surface area contributed by atoms with Crippen LogP contribution in [0.5, 0.6) is 0 Å². The molecule has 0 aliphatic rings. The molecule has 0 radical (unpaired) electrons.